The number of hydrogen-bond acceptors (Lipinski definition) is 8. The van der Waals surface area contributed by atoms with E-state index >= 15 is 0 Å². The number of H-pyrrole nitrogens is 1. The van der Waals surface area contributed by atoms with Crippen molar-refractivity contribution < 1.29 is 4.74 Å². The number of aromatic nitrogens is 7. The van der Waals surface area contributed by atoms with Crippen molar-refractivity contribution in [2.75, 3.05) is 12.8 Å². The third-order valence-corrected chi connectivity index (χ3v) is 6.01. The average molecular weight is 422 g/mol. The molecule has 0 aliphatic carbocycles. The Morgan fingerprint density at radius 2 is 2.10 bits per heavy atom. The number of pyridine rings is 1. The Kier molecular flexibility index (Phi) is 4.24. The number of nitrogens with zero attached hydrogens (tertiary/aromatic N) is 6. The van der Waals surface area contributed by atoms with Crippen molar-refractivity contribution in [2.45, 2.75) is 13.0 Å². The molecule has 30 heavy (non-hydrogen) atoms. The van der Waals surface area contributed by atoms with E-state index in [1.54, 1.807) is 35.9 Å². The number of rotatable bonds is 5. The monoisotopic (exact) mass is 422 g/mol. The molecule has 11 heteroatoms. The van der Waals surface area contributed by atoms with Crippen molar-refractivity contribution in [2.24, 2.45) is 7.05 Å². The van der Waals surface area contributed by atoms with Crippen LogP contribution in [0, 0.1) is 0 Å². The number of anilines is 1. The van der Waals surface area contributed by atoms with Gasteiger partial charge in [-0.05, 0) is 18.2 Å². The van der Waals surface area contributed by atoms with Crippen molar-refractivity contribution in [1.29, 1.82) is 0 Å². The number of hydrogen-bond donors (Lipinski definition) is 2. The first kappa shape index (κ1) is 18.3. The summed E-state index contributed by atoms with van der Waals surface area (Å²) in [6.07, 6.45) is 4.14. The Bertz CT molecular complexity index is 1430. The van der Waals surface area contributed by atoms with E-state index in [4.69, 9.17) is 15.5 Å². The number of nitrogens with one attached hydrogen (secondary N) is 1. The fourth-order valence-electron chi connectivity index (χ4n) is 3.48. The number of aromatic amines is 1. The zero-order chi connectivity index (χ0) is 20.8. The molecule has 5 heterocycles. The van der Waals surface area contributed by atoms with Gasteiger partial charge in [0.1, 0.15) is 10.5 Å². The molecule has 0 amide bonds. The lowest BCUT2D eigenvalue weighted by atomic mass is 10.3. The molecule has 5 rings (SSSR count). The Hall–Kier alpha value is -3.73. The molecule has 3 N–H and O–H groups in total. The molecule has 0 fully saturated rings. The fraction of sp³-hybridized carbons (Fsp3) is 0.211. The summed E-state index contributed by atoms with van der Waals surface area (Å²) in [5, 5.41) is 13.1. The van der Waals surface area contributed by atoms with Crippen LogP contribution >= 0.6 is 11.3 Å². The third-order valence-electron chi connectivity index (χ3n) is 4.94. The highest BCUT2D eigenvalue weighted by Gasteiger charge is 2.19. The molecule has 0 spiro atoms. The fourth-order valence-corrected chi connectivity index (χ4v) is 4.60. The van der Waals surface area contributed by atoms with Crippen molar-refractivity contribution in [3.05, 3.63) is 57.3 Å². The van der Waals surface area contributed by atoms with Gasteiger partial charge in [0.15, 0.2) is 17.2 Å². The van der Waals surface area contributed by atoms with Crippen LogP contribution < -0.4 is 16.0 Å². The van der Waals surface area contributed by atoms with E-state index in [-0.39, 0.29) is 17.9 Å². The number of fused-ring (bicyclic) bond motifs is 3. The van der Waals surface area contributed by atoms with Gasteiger partial charge in [-0.3, -0.25) is 9.89 Å². The number of nitrogens with two attached hydrogens (primary N) is 1. The molecular weight excluding hydrogens is 404 g/mol. The molecule has 0 aromatic carbocycles. The molecule has 10 nitrogen and oxygen atoms in total. The van der Waals surface area contributed by atoms with E-state index < -0.39 is 0 Å². The zero-order valence-electron chi connectivity index (χ0n) is 16.3. The van der Waals surface area contributed by atoms with Crippen LogP contribution in [0.5, 0.6) is 5.75 Å². The molecule has 0 bridgehead atoms. The van der Waals surface area contributed by atoms with E-state index in [0.717, 1.165) is 26.4 Å². The smallest absolute Gasteiger partial charge is 0.291 e. The first-order valence-corrected chi connectivity index (χ1v) is 9.98. The summed E-state index contributed by atoms with van der Waals surface area (Å²) in [7, 11) is 3.38. The van der Waals surface area contributed by atoms with Crippen LogP contribution in [-0.4, -0.2) is 41.6 Å². The zero-order valence-corrected chi connectivity index (χ0v) is 17.1. The number of nitrogen functional groups attached to an aromatic ring is 1. The van der Waals surface area contributed by atoms with Gasteiger partial charge < -0.3 is 15.0 Å². The molecule has 0 saturated heterocycles. The summed E-state index contributed by atoms with van der Waals surface area (Å²) in [4.78, 5) is 22.1. The Morgan fingerprint density at radius 3 is 2.83 bits per heavy atom. The van der Waals surface area contributed by atoms with Crippen LogP contribution in [0.4, 0.5) is 5.82 Å². The molecule has 0 atom stereocenters. The van der Waals surface area contributed by atoms with Gasteiger partial charge >= 0.3 is 0 Å². The van der Waals surface area contributed by atoms with Crippen LogP contribution in [0.15, 0.2) is 35.4 Å². The van der Waals surface area contributed by atoms with Crippen molar-refractivity contribution in [1.82, 2.24) is 34.5 Å². The molecule has 0 saturated carbocycles. The van der Waals surface area contributed by atoms with Crippen LogP contribution in [0.2, 0.25) is 0 Å². The predicted molar refractivity (Wildman–Crippen MR) is 114 cm³/mol. The maximum atomic E-state index is 13.1. The molecule has 0 radical (unpaired) electrons. The van der Waals surface area contributed by atoms with Gasteiger partial charge in [0, 0.05) is 25.1 Å². The van der Waals surface area contributed by atoms with Gasteiger partial charge in [0.05, 0.1) is 35.9 Å². The number of ether oxygens (including phenoxy) is 1. The van der Waals surface area contributed by atoms with Crippen LogP contribution in [0.1, 0.15) is 16.4 Å². The molecule has 5 aromatic heterocycles. The Labute approximate surface area is 173 Å². The minimum absolute atomic E-state index is 0.203. The number of aryl methyl sites for hydroxylation is 1. The highest BCUT2D eigenvalue weighted by molar-refractivity contribution is 7.19. The van der Waals surface area contributed by atoms with Crippen LogP contribution in [0.3, 0.4) is 0 Å². The molecule has 5 aromatic rings. The second kappa shape index (κ2) is 6.95. The van der Waals surface area contributed by atoms with Gasteiger partial charge in [-0.1, -0.05) is 0 Å². The minimum atomic E-state index is -0.203. The van der Waals surface area contributed by atoms with Crippen molar-refractivity contribution >= 4 is 38.4 Å². The second-order valence-electron chi connectivity index (χ2n) is 6.82. The lowest BCUT2D eigenvalue weighted by molar-refractivity contribution is 0.415. The van der Waals surface area contributed by atoms with E-state index in [0.29, 0.717) is 23.4 Å². The standard InChI is InChI=1S/C19H18N8O2S/c1-26-15-12(16-18(26)24-14(30-16)7-10-5-6-21-25-10)8-22-27(19(15)28)9-11-3-4-13(29-2)17(20)23-11/h3-6,8H,7,9H2,1-2H3,(H2,20,23)(H,21,25). The molecule has 0 aliphatic rings. The second-order valence-corrected chi connectivity index (χ2v) is 7.91. The first-order valence-electron chi connectivity index (χ1n) is 9.17. The molecule has 152 valence electrons. The first-order chi connectivity index (χ1) is 14.5. The highest BCUT2D eigenvalue weighted by Crippen LogP contribution is 2.31. The minimum Gasteiger partial charge on any atom is -0.493 e. The summed E-state index contributed by atoms with van der Waals surface area (Å²) >= 11 is 1.55. The SMILES string of the molecule is COc1ccc(Cn2ncc3c4sc(Cc5cc[nH]n5)nc4n(C)c3c2=O)nc1N. The summed E-state index contributed by atoms with van der Waals surface area (Å²) < 4.78 is 9.28. The van der Waals surface area contributed by atoms with Gasteiger partial charge in [-0.15, -0.1) is 11.3 Å². The lowest BCUT2D eigenvalue weighted by Crippen LogP contribution is -2.25. The van der Waals surface area contributed by atoms with Gasteiger partial charge in [0.25, 0.3) is 5.56 Å². The maximum Gasteiger partial charge on any atom is 0.291 e. The highest BCUT2D eigenvalue weighted by atomic mass is 32.1. The summed E-state index contributed by atoms with van der Waals surface area (Å²) in [5.41, 5.74) is 8.55. The largest absolute Gasteiger partial charge is 0.493 e. The average Bonchev–Trinajstić information content (AvgIpc) is 3.44. The van der Waals surface area contributed by atoms with E-state index in [9.17, 15) is 4.79 Å². The summed E-state index contributed by atoms with van der Waals surface area (Å²) in [5.74, 6) is 0.769. The summed E-state index contributed by atoms with van der Waals surface area (Å²) in [6.45, 7) is 0.208. The van der Waals surface area contributed by atoms with E-state index in [1.807, 2.05) is 17.7 Å². The molecule has 0 aliphatic heterocycles. The van der Waals surface area contributed by atoms with Gasteiger partial charge in [-0.25, -0.2) is 14.6 Å². The topological polar surface area (TPSA) is 130 Å². The van der Waals surface area contributed by atoms with Gasteiger partial charge in [-0.2, -0.15) is 10.2 Å². The number of thiazole rings is 1. The number of methoxy groups -OCH3 is 1. The Balaban J connectivity index is 1.54. The normalized spacial score (nSPS) is 11.5. The van der Waals surface area contributed by atoms with E-state index in [1.165, 1.54) is 11.8 Å². The van der Waals surface area contributed by atoms with E-state index in [2.05, 4.69) is 20.3 Å². The van der Waals surface area contributed by atoms with Crippen molar-refractivity contribution in [3.8, 4) is 5.75 Å². The third kappa shape index (κ3) is 2.90. The molecular formula is C19H18N8O2S. The maximum absolute atomic E-state index is 13.1. The summed E-state index contributed by atoms with van der Waals surface area (Å²) in [6, 6.07) is 5.41. The Morgan fingerprint density at radius 1 is 1.23 bits per heavy atom. The van der Waals surface area contributed by atoms with Crippen LogP contribution in [0.25, 0.3) is 21.3 Å². The predicted octanol–water partition coefficient (Wildman–Crippen LogP) is 1.69. The van der Waals surface area contributed by atoms with Crippen molar-refractivity contribution in [3.63, 3.8) is 0 Å². The van der Waals surface area contributed by atoms with Crippen LogP contribution in [-0.2, 0) is 20.0 Å². The molecule has 0 unspecified atom stereocenters. The van der Waals surface area contributed by atoms with Gasteiger partial charge in [0.2, 0.25) is 0 Å². The quantitative estimate of drug-likeness (QED) is 0.441. The lowest BCUT2D eigenvalue weighted by Gasteiger charge is -2.08.